The lowest BCUT2D eigenvalue weighted by Gasteiger charge is -2.11. The average Bonchev–Trinajstić information content (AvgIpc) is 2.76. The van der Waals surface area contributed by atoms with Gasteiger partial charge >= 0.3 is 6.09 Å². The third-order valence-corrected chi connectivity index (χ3v) is 2.91. The number of aryl methyl sites for hydroxylation is 1. The molecule has 0 radical (unpaired) electrons. The number of non-ortho nitro benzene ring substituents is 1. The molecule has 2 aromatic rings. The molecule has 2 rings (SSSR count). The highest BCUT2D eigenvalue weighted by Gasteiger charge is 2.16. The van der Waals surface area contributed by atoms with Crippen LogP contribution in [-0.4, -0.2) is 33.5 Å². The van der Waals surface area contributed by atoms with Crippen molar-refractivity contribution in [2.24, 2.45) is 12.8 Å². The molecule has 0 aliphatic carbocycles. The number of carbonyl (C=O) groups is 1. The van der Waals surface area contributed by atoms with Crippen LogP contribution >= 0.6 is 0 Å². The summed E-state index contributed by atoms with van der Waals surface area (Å²) >= 11 is 0. The molecule has 1 aromatic carbocycles. The summed E-state index contributed by atoms with van der Waals surface area (Å²) in [5.74, 6) is 0. The Morgan fingerprint density at radius 3 is 2.91 bits per heavy atom. The highest BCUT2D eigenvalue weighted by molar-refractivity contribution is 5.88. The fourth-order valence-corrected chi connectivity index (χ4v) is 2.09. The van der Waals surface area contributed by atoms with E-state index in [1.165, 1.54) is 10.7 Å². The lowest BCUT2D eigenvalue weighted by molar-refractivity contribution is -0.383. The summed E-state index contributed by atoms with van der Waals surface area (Å²) in [6, 6.07) is 3.17. The van der Waals surface area contributed by atoms with Gasteiger partial charge in [0.15, 0.2) is 0 Å². The summed E-state index contributed by atoms with van der Waals surface area (Å²) in [6.45, 7) is 1.91. The molecule has 1 atom stereocenters. The van der Waals surface area contributed by atoms with Crippen LogP contribution in [0.25, 0.3) is 10.9 Å². The summed E-state index contributed by atoms with van der Waals surface area (Å²) in [5, 5.41) is 15.8. The zero-order chi connectivity index (χ0) is 16.3. The number of ether oxygens (including phenoxy) is 2. The molecule has 1 amide bonds. The number of nitro groups is 1. The Morgan fingerprint density at radius 2 is 2.27 bits per heavy atom. The number of aromatic nitrogens is 2. The first-order valence-electron chi connectivity index (χ1n) is 6.51. The van der Waals surface area contributed by atoms with Crippen LogP contribution in [0.15, 0.2) is 18.3 Å². The maximum absolute atomic E-state index is 11.1. The van der Waals surface area contributed by atoms with Crippen molar-refractivity contribution in [1.29, 1.82) is 0 Å². The van der Waals surface area contributed by atoms with Crippen molar-refractivity contribution in [3.05, 3.63) is 34.0 Å². The van der Waals surface area contributed by atoms with Gasteiger partial charge in [-0.25, -0.2) is 4.79 Å². The van der Waals surface area contributed by atoms with E-state index < -0.39 is 17.1 Å². The molecule has 22 heavy (non-hydrogen) atoms. The highest BCUT2D eigenvalue weighted by atomic mass is 16.6. The van der Waals surface area contributed by atoms with Crippen molar-refractivity contribution in [1.82, 2.24) is 9.78 Å². The van der Waals surface area contributed by atoms with Crippen molar-refractivity contribution < 1.29 is 19.2 Å². The molecule has 9 heteroatoms. The highest BCUT2D eigenvalue weighted by Crippen LogP contribution is 2.26. The van der Waals surface area contributed by atoms with Crippen molar-refractivity contribution in [3.63, 3.8) is 0 Å². The molecule has 118 valence electrons. The molecule has 1 unspecified atom stereocenters. The lowest BCUT2D eigenvalue weighted by atomic mass is 10.1. The van der Waals surface area contributed by atoms with Gasteiger partial charge in [0, 0.05) is 19.3 Å². The third-order valence-electron chi connectivity index (χ3n) is 2.91. The van der Waals surface area contributed by atoms with Crippen LogP contribution in [0.4, 0.5) is 10.5 Å². The topological polar surface area (TPSA) is 123 Å². The maximum Gasteiger partial charge on any atom is 0.404 e. The Balaban J connectivity index is 2.11. The van der Waals surface area contributed by atoms with Gasteiger partial charge in [-0.1, -0.05) is 0 Å². The van der Waals surface area contributed by atoms with Gasteiger partial charge in [-0.15, -0.1) is 0 Å². The first kappa shape index (κ1) is 15.7. The molecule has 0 aliphatic rings. The number of hydrogen-bond acceptors (Lipinski definition) is 6. The van der Waals surface area contributed by atoms with Crippen LogP contribution in [0.5, 0.6) is 0 Å². The van der Waals surface area contributed by atoms with Crippen LogP contribution < -0.4 is 5.73 Å². The van der Waals surface area contributed by atoms with E-state index in [4.69, 9.17) is 15.2 Å². The summed E-state index contributed by atoms with van der Waals surface area (Å²) in [4.78, 5) is 21.3. The fraction of sp³-hybridized carbons (Fsp3) is 0.385. The normalized spacial score (nSPS) is 12.3. The molecule has 0 bridgehead atoms. The Kier molecular flexibility index (Phi) is 4.56. The molecule has 0 aliphatic heterocycles. The third kappa shape index (κ3) is 3.70. The van der Waals surface area contributed by atoms with Gasteiger partial charge < -0.3 is 15.2 Å². The first-order valence-corrected chi connectivity index (χ1v) is 6.51. The molecular formula is C13H16N4O5. The van der Waals surface area contributed by atoms with E-state index in [0.717, 1.165) is 0 Å². The minimum Gasteiger partial charge on any atom is -0.444 e. The molecule has 1 aromatic heterocycles. The second kappa shape index (κ2) is 6.39. The minimum atomic E-state index is -0.873. The van der Waals surface area contributed by atoms with Crippen molar-refractivity contribution in [2.75, 3.05) is 6.61 Å². The number of hydrogen-bond donors (Lipinski definition) is 1. The number of nitrogens with zero attached hydrogens (tertiary/aromatic N) is 3. The van der Waals surface area contributed by atoms with Gasteiger partial charge in [-0.05, 0) is 18.6 Å². The Labute approximate surface area is 125 Å². The number of carbonyl (C=O) groups excluding carboxylic acids is 1. The molecule has 0 saturated carbocycles. The number of primary amides is 1. The van der Waals surface area contributed by atoms with Crippen LogP contribution in [0.2, 0.25) is 0 Å². The smallest absolute Gasteiger partial charge is 0.404 e. The van der Waals surface area contributed by atoms with Crippen molar-refractivity contribution >= 4 is 22.7 Å². The Hall–Kier alpha value is -2.68. The summed E-state index contributed by atoms with van der Waals surface area (Å²) in [6.07, 6.45) is 0.230. The molecule has 0 spiro atoms. The lowest BCUT2D eigenvalue weighted by Crippen LogP contribution is -2.24. The Morgan fingerprint density at radius 1 is 1.55 bits per heavy atom. The molecule has 1 heterocycles. The molecule has 0 fully saturated rings. The van der Waals surface area contributed by atoms with Crippen LogP contribution in [0.3, 0.4) is 0 Å². The maximum atomic E-state index is 11.1. The van der Waals surface area contributed by atoms with Gasteiger partial charge in [-0.2, -0.15) is 5.10 Å². The quantitative estimate of drug-likeness (QED) is 0.637. The standard InChI is InChI=1S/C13H16N4O5/c1-8(22-13(14)18)6-21-7-9-3-11-10(5-16(2)15-11)12(4-9)17(19)20/h3-5,8H,6-7H2,1-2H3,(H2,14,18). The predicted octanol–water partition coefficient (Wildman–Crippen LogP) is 1.48. The average molecular weight is 308 g/mol. The second-order valence-electron chi connectivity index (χ2n) is 4.87. The first-order chi connectivity index (χ1) is 10.4. The van der Waals surface area contributed by atoms with Gasteiger partial charge in [0.1, 0.15) is 6.10 Å². The number of amides is 1. The zero-order valence-corrected chi connectivity index (χ0v) is 12.2. The van der Waals surface area contributed by atoms with Gasteiger partial charge in [-0.3, -0.25) is 14.8 Å². The zero-order valence-electron chi connectivity index (χ0n) is 12.2. The van der Waals surface area contributed by atoms with Crippen LogP contribution in [0.1, 0.15) is 12.5 Å². The van der Waals surface area contributed by atoms with E-state index in [-0.39, 0.29) is 18.9 Å². The summed E-state index contributed by atoms with van der Waals surface area (Å²) in [5.41, 5.74) is 6.01. The number of rotatable bonds is 6. The molecule has 2 N–H and O–H groups in total. The van der Waals surface area contributed by atoms with Gasteiger partial charge in [0.25, 0.3) is 5.69 Å². The van der Waals surface area contributed by atoms with E-state index >= 15 is 0 Å². The fourth-order valence-electron chi connectivity index (χ4n) is 2.09. The van der Waals surface area contributed by atoms with E-state index in [1.807, 2.05) is 0 Å². The SMILES string of the molecule is CC(COCc1cc([N+](=O)[O-])c2cn(C)nc2c1)OC(N)=O. The van der Waals surface area contributed by atoms with Crippen molar-refractivity contribution in [2.45, 2.75) is 19.6 Å². The largest absolute Gasteiger partial charge is 0.444 e. The monoisotopic (exact) mass is 308 g/mol. The molecular weight excluding hydrogens is 292 g/mol. The van der Waals surface area contributed by atoms with Gasteiger partial charge in [0.05, 0.1) is 29.0 Å². The van der Waals surface area contributed by atoms with Crippen LogP contribution in [-0.2, 0) is 23.1 Å². The number of fused-ring (bicyclic) bond motifs is 1. The number of benzene rings is 1. The molecule has 0 saturated heterocycles. The Bertz CT molecular complexity index is 712. The number of nitrogens with two attached hydrogens (primary N) is 1. The van der Waals surface area contributed by atoms with E-state index in [1.54, 1.807) is 26.2 Å². The van der Waals surface area contributed by atoms with Crippen molar-refractivity contribution in [3.8, 4) is 0 Å². The summed E-state index contributed by atoms with van der Waals surface area (Å²) in [7, 11) is 1.70. The predicted molar refractivity (Wildman–Crippen MR) is 77.2 cm³/mol. The van der Waals surface area contributed by atoms with Gasteiger partial charge in [0.2, 0.25) is 0 Å². The molecule has 9 nitrogen and oxygen atoms in total. The van der Waals surface area contributed by atoms with Crippen LogP contribution in [0, 0.1) is 10.1 Å². The van der Waals surface area contributed by atoms with E-state index in [2.05, 4.69) is 5.10 Å². The second-order valence-corrected chi connectivity index (χ2v) is 4.87. The number of nitro benzene ring substituents is 1. The van der Waals surface area contributed by atoms with E-state index in [0.29, 0.717) is 16.5 Å². The minimum absolute atomic E-state index is 0.0226. The summed E-state index contributed by atoms with van der Waals surface area (Å²) < 4.78 is 11.6. The van der Waals surface area contributed by atoms with E-state index in [9.17, 15) is 14.9 Å².